The summed E-state index contributed by atoms with van der Waals surface area (Å²) in [5.41, 5.74) is 1.77. The Labute approximate surface area is 168 Å². The van der Waals surface area contributed by atoms with Crippen molar-refractivity contribution in [1.29, 1.82) is 0 Å². The summed E-state index contributed by atoms with van der Waals surface area (Å²) in [6, 6.07) is 10.6. The number of anilines is 1. The number of ketones is 1. The van der Waals surface area contributed by atoms with E-state index >= 15 is 0 Å². The van der Waals surface area contributed by atoms with Gasteiger partial charge in [-0.05, 0) is 36.6 Å². The maximum absolute atomic E-state index is 12.9. The van der Waals surface area contributed by atoms with Crippen molar-refractivity contribution in [3.63, 3.8) is 0 Å². The summed E-state index contributed by atoms with van der Waals surface area (Å²) in [4.78, 5) is 41.7. The second-order valence-electron chi connectivity index (χ2n) is 7.58. The normalized spacial score (nSPS) is 23.3. The maximum Gasteiger partial charge on any atom is 0.253 e. The Morgan fingerprint density at radius 1 is 1.07 bits per heavy atom. The molecule has 2 heterocycles. The van der Waals surface area contributed by atoms with Gasteiger partial charge >= 0.3 is 0 Å². The monoisotopic (exact) mass is 393 g/mol. The lowest BCUT2D eigenvalue weighted by atomic mass is 9.73. The van der Waals surface area contributed by atoms with Crippen LogP contribution in [0.4, 0.5) is 5.69 Å². The number of carbonyl (C=O) groups excluding carboxylic acids is 3. The van der Waals surface area contributed by atoms with Crippen LogP contribution >= 0.6 is 0 Å². The van der Waals surface area contributed by atoms with Crippen molar-refractivity contribution in [2.45, 2.75) is 19.4 Å². The first-order valence-corrected chi connectivity index (χ1v) is 9.80. The molecule has 1 aromatic heterocycles. The van der Waals surface area contributed by atoms with E-state index in [9.17, 15) is 14.4 Å². The van der Waals surface area contributed by atoms with Gasteiger partial charge in [-0.25, -0.2) is 0 Å². The summed E-state index contributed by atoms with van der Waals surface area (Å²) >= 11 is 0. The van der Waals surface area contributed by atoms with Gasteiger partial charge < -0.3 is 15.4 Å². The summed E-state index contributed by atoms with van der Waals surface area (Å²) in [7, 11) is 0. The first-order valence-electron chi connectivity index (χ1n) is 9.80. The molecule has 7 nitrogen and oxygen atoms in total. The van der Waals surface area contributed by atoms with Crippen LogP contribution in [0.5, 0.6) is 0 Å². The number of para-hydroxylation sites is 1. The van der Waals surface area contributed by atoms with Gasteiger partial charge in [-0.15, -0.1) is 0 Å². The first kappa shape index (κ1) is 19.3. The van der Waals surface area contributed by atoms with Crippen molar-refractivity contribution in [3.05, 3.63) is 59.9 Å². The molecule has 0 radical (unpaired) electrons. The van der Waals surface area contributed by atoms with Crippen LogP contribution in [0.2, 0.25) is 0 Å². The summed E-state index contributed by atoms with van der Waals surface area (Å²) < 4.78 is 5.46. The van der Waals surface area contributed by atoms with Crippen LogP contribution in [0, 0.1) is 17.8 Å². The lowest BCUT2D eigenvalue weighted by Gasteiger charge is -2.36. The number of fused-ring (bicyclic) bond motifs is 2. The molecule has 7 heteroatoms. The highest BCUT2D eigenvalue weighted by Crippen LogP contribution is 2.35. The Hall–Kier alpha value is -3.06. The fourth-order valence-corrected chi connectivity index (χ4v) is 4.02. The molecule has 0 spiro atoms. The summed E-state index contributed by atoms with van der Waals surface area (Å²) in [5.74, 6) is -0.850. The first-order chi connectivity index (χ1) is 14.1. The number of nitrogens with zero attached hydrogens (tertiary/aromatic N) is 1. The SMILES string of the molecule is O=C(NCc1cccnc1)c1ccccc1NC(=O)C1CC2COCC(C1)C2=O. The molecular weight excluding hydrogens is 370 g/mol. The molecule has 2 aromatic rings. The minimum atomic E-state index is -0.270. The van der Waals surface area contributed by atoms with Crippen LogP contribution in [0.25, 0.3) is 0 Å². The van der Waals surface area contributed by atoms with Gasteiger partial charge in [0.15, 0.2) is 0 Å². The average molecular weight is 393 g/mol. The molecule has 150 valence electrons. The Kier molecular flexibility index (Phi) is 5.67. The molecular formula is C22H23N3O4. The number of ether oxygens (including phenoxy) is 1. The van der Waals surface area contributed by atoms with Crippen LogP contribution in [-0.2, 0) is 20.9 Å². The third-order valence-corrected chi connectivity index (χ3v) is 5.56. The molecule has 4 rings (SSSR count). The fourth-order valence-electron chi connectivity index (χ4n) is 4.02. The predicted molar refractivity (Wildman–Crippen MR) is 106 cm³/mol. The number of aromatic nitrogens is 1. The average Bonchev–Trinajstić information content (AvgIpc) is 2.73. The van der Waals surface area contributed by atoms with Crippen LogP contribution in [0.1, 0.15) is 28.8 Å². The van der Waals surface area contributed by atoms with E-state index in [1.807, 2.05) is 12.1 Å². The Morgan fingerprint density at radius 3 is 2.55 bits per heavy atom. The van der Waals surface area contributed by atoms with Gasteiger partial charge in [-0.1, -0.05) is 18.2 Å². The lowest BCUT2D eigenvalue weighted by molar-refractivity contribution is -0.145. The summed E-state index contributed by atoms with van der Waals surface area (Å²) in [6.07, 6.45) is 4.36. The molecule has 1 saturated carbocycles. The number of Topliss-reactive ketones (excluding diaryl/α,β-unsaturated/α-hetero) is 1. The molecule has 29 heavy (non-hydrogen) atoms. The van der Waals surface area contributed by atoms with Gasteiger partial charge in [0.05, 0.1) is 24.5 Å². The van der Waals surface area contributed by atoms with Crippen molar-refractivity contribution >= 4 is 23.3 Å². The molecule has 1 saturated heterocycles. The Morgan fingerprint density at radius 2 is 1.83 bits per heavy atom. The van der Waals surface area contributed by atoms with Crippen molar-refractivity contribution in [1.82, 2.24) is 10.3 Å². The molecule has 2 unspecified atom stereocenters. The zero-order valence-corrected chi connectivity index (χ0v) is 16.0. The van der Waals surface area contributed by atoms with Gasteiger partial charge in [-0.3, -0.25) is 19.4 Å². The van der Waals surface area contributed by atoms with Gasteiger partial charge in [0.2, 0.25) is 5.91 Å². The van der Waals surface area contributed by atoms with E-state index in [2.05, 4.69) is 15.6 Å². The number of hydrogen-bond donors (Lipinski definition) is 2. The number of amides is 2. The fraction of sp³-hybridized carbons (Fsp3) is 0.364. The maximum atomic E-state index is 12.9. The number of carbonyl (C=O) groups is 3. The lowest BCUT2D eigenvalue weighted by Crippen LogP contribution is -2.45. The summed E-state index contributed by atoms with van der Waals surface area (Å²) in [6.45, 7) is 1.14. The predicted octanol–water partition coefficient (Wildman–Crippen LogP) is 2.19. The van der Waals surface area contributed by atoms with E-state index in [0.29, 0.717) is 43.9 Å². The largest absolute Gasteiger partial charge is 0.380 e. The third kappa shape index (κ3) is 4.35. The van der Waals surface area contributed by atoms with Crippen molar-refractivity contribution in [3.8, 4) is 0 Å². The zero-order chi connectivity index (χ0) is 20.2. The second-order valence-corrected chi connectivity index (χ2v) is 7.58. The van der Waals surface area contributed by atoms with Gasteiger partial charge in [0, 0.05) is 36.7 Å². The van der Waals surface area contributed by atoms with Crippen LogP contribution in [0.3, 0.4) is 0 Å². The van der Waals surface area contributed by atoms with E-state index in [-0.39, 0.29) is 35.4 Å². The number of hydrogen-bond acceptors (Lipinski definition) is 5. The Balaban J connectivity index is 1.42. The Bertz CT molecular complexity index is 899. The quantitative estimate of drug-likeness (QED) is 0.812. The van der Waals surface area contributed by atoms with Gasteiger partial charge in [0.25, 0.3) is 5.91 Å². The van der Waals surface area contributed by atoms with E-state index in [4.69, 9.17) is 4.74 Å². The molecule has 2 N–H and O–H groups in total. The molecule has 2 aliphatic rings. The summed E-state index contributed by atoms with van der Waals surface area (Å²) in [5, 5.41) is 5.75. The van der Waals surface area contributed by atoms with Crippen LogP contribution in [0.15, 0.2) is 48.8 Å². The topological polar surface area (TPSA) is 97.4 Å². The molecule has 1 aliphatic carbocycles. The molecule has 2 bridgehead atoms. The van der Waals surface area contributed by atoms with Gasteiger partial charge in [-0.2, -0.15) is 0 Å². The van der Waals surface area contributed by atoms with Crippen molar-refractivity contribution in [2.24, 2.45) is 17.8 Å². The smallest absolute Gasteiger partial charge is 0.253 e. The molecule has 2 fully saturated rings. The minimum absolute atomic E-state index is 0.151. The van der Waals surface area contributed by atoms with Crippen molar-refractivity contribution < 1.29 is 19.1 Å². The zero-order valence-electron chi connectivity index (χ0n) is 16.0. The van der Waals surface area contributed by atoms with Crippen LogP contribution < -0.4 is 10.6 Å². The van der Waals surface area contributed by atoms with E-state index in [1.165, 1.54) is 0 Å². The van der Waals surface area contributed by atoms with Crippen LogP contribution in [-0.4, -0.2) is 35.8 Å². The second kappa shape index (κ2) is 8.53. The molecule has 2 atom stereocenters. The highest BCUT2D eigenvalue weighted by molar-refractivity contribution is 6.04. The standard InChI is InChI=1S/C22H23N3O4/c26-20-16-8-15(9-17(20)13-29-12-16)21(27)25-19-6-2-1-5-18(19)22(28)24-11-14-4-3-7-23-10-14/h1-7,10,15-17H,8-9,11-13H2,(H,24,28)(H,25,27). The van der Waals surface area contributed by atoms with Crippen molar-refractivity contribution in [2.75, 3.05) is 18.5 Å². The van der Waals surface area contributed by atoms with Gasteiger partial charge in [0.1, 0.15) is 5.78 Å². The number of nitrogens with one attached hydrogen (secondary N) is 2. The van der Waals surface area contributed by atoms with E-state index in [0.717, 1.165) is 5.56 Å². The number of rotatable bonds is 5. The van der Waals surface area contributed by atoms with E-state index in [1.54, 1.807) is 36.7 Å². The number of benzene rings is 1. The molecule has 1 aromatic carbocycles. The van der Waals surface area contributed by atoms with E-state index < -0.39 is 0 Å². The number of pyridine rings is 1. The molecule has 2 amide bonds. The highest BCUT2D eigenvalue weighted by atomic mass is 16.5. The molecule has 1 aliphatic heterocycles. The third-order valence-electron chi connectivity index (χ3n) is 5.56. The highest BCUT2D eigenvalue weighted by Gasteiger charge is 2.42. The minimum Gasteiger partial charge on any atom is -0.380 e.